The number of pyridine rings is 4. The van der Waals surface area contributed by atoms with E-state index >= 15 is 0 Å². The Balaban J connectivity index is 0.000000162. The quantitative estimate of drug-likeness (QED) is 0.115. The van der Waals surface area contributed by atoms with E-state index in [0.29, 0.717) is 0 Å². The summed E-state index contributed by atoms with van der Waals surface area (Å²) in [6.45, 7) is 0. The molecule has 55 heavy (non-hydrogen) atoms. The van der Waals surface area contributed by atoms with Crippen LogP contribution in [0.3, 0.4) is 0 Å². The molecule has 8 rings (SSSR count). The Bertz CT molecular complexity index is 2540. The molecule has 0 saturated carbocycles. The summed E-state index contributed by atoms with van der Waals surface area (Å²) in [5.41, 5.74) is 3.78. The largest absolute Gasteiger partial charge is 2.00 e. The monoisotopic (exact) mass is 817 g/mol. The summed E-state index contributed by atoms with van der Waals surface area (Å²) in [6.07, 6.45) is 7.21. The number of carbonyl (C=O) groups is 2. The Labute approximate surface area is 324 Å². The molecular weight excluding hydrogens is 792 g/mol. The van der Waals surface area contributed by atoms with Crippen molar-refractivity contribution in [1.29, 1.82) is 0 Å². The number of carboxylic acid groups (broad SMARTS) is 2. The predicted octanol–water partition coefficient (Wildman–Crippen LogP) is 6.14. The van der Waals surface area contributed by atoms with Crippen molar-refractivity contribution in [3.05, 3.63) is 157 Å². The van der Waals surface area contributed by atoms with Crippen molar-refractivity contribution in [3.63, 3.8) is 0 Å². The van der Waals surface area contributed by atoms with Gasteiger partial charge >= 0.3 is 29.0 Å². The van der Waals surface area contributed by atoms with Crippen molar-refractivity contribution in [2.24, 2.45) is 0 Å². The molecule has 0 unspecified atom stereocenters. The normalized spacial score (nSPS) is 10.8. The van der Waals surface area contributed by atoms with E-state index in [0.717, 1.165) is 92.1 Å². The maximum absolute atomic E-state index is 10.4. The molecule has 4 heterocycles. The van der Waals surface area contributed by atoms with Crippen molar-refractivity contribution in [1.82, 2.24) is 19.9 Å². The summed E-state index contributed by atoms with van der Waals surface area (Å²) < 4.78 is 62.5. The van der Waals surface area contributed by atoms with Gasteiger partial charge < -0.3 is 19.3 Å². The van der Waals surface area contributed by atoms with Crippen LogP contribution in [0.15, 0.2) is 156 Å². The molecule has 4 aromatic heterocycles. The number of rotatable bonds is 4. The van der Waals surface area contributed by atoms with Crippen molar-refractivity contribution >= 4 is 75.8 Å². The van der Waals surface area contributed by atoms with E-state index in [1.54, 1.807) is 24.8 Å². The number of hydrogen-bond acceptors (Lipinski definition) is 12. The van der Waals surface area contributed by atoms with Gasteiger partial charge in [0, 0.05) is 46.3 Å². The molecule has 0 atom stereocenters. The number of aromatic carboxylic acids is 2. The van der Waals surface area contributed by atoms with Gasteiger partial charge in [-0.1, -0.05) is 48.5 Å². The van der Waals surface area contributed by atoms with Gasteiger partial charge in [0.1, 0.15) is 20.2 Å². The third kappa shape index (κ3) is 10.9. The first-order chi connectivity index (χ1) is 25.7. The minimum atomic E-state index is -4.49. The summed E-state index contributed by atoms with van der Waals surface area (Å²) in [5.74, 6) is -2.34. The van der Waals surface area contributed by atoms with Crippen molar-refractivity contribution in [2.75, 3.05) is 0 Å². The summed E-state index contributed by atoms with van der Waals surface area (Å²) in [7, 11) is -8.98. The molecule has 14 nitrogen and oxygen atoms in total. The molecule has 17 heteroatoms. The van der Waals surface area contributed by atoms with E-state index in [9.17, 15) is 35.5 Å². The molecule has 0 aliphatic heterocycles. The van der Waals surface area contributed by atoms with Gasteiger partial charge in [0.2, 0.25) is 0 Å². The van der Waals surface area contributed by atoms with E-state index in [1.807, 2.05) is 24.3 Å². The van der Waals surface area contributed by atoms with E-state index in [-0.39, 0.29) is 28.2 Å². The molecule has 0 aliphatic carbocycles. The average molecular weight is 818 g/mol. The topological polar surface area (TPSA) is 241 Å². The molecular formula is C38H26MnN4O10S2. The molecule has 0 aliphatic rings. The molecule has 1 radical (unpaired) electrons. The molecule has 8 aromatic rings. The van der Waals surface area contributed by atoms with Crippen LogP contribution in [0, 0.1) is 0 Å². The van der Waals surface area contributed by atoms with Gasteiger partial charge in [-0.05, 0) is 72.8 Å². The number of aromatic nitrogens is 4. The first-order valence-corrected chi connectivity index (χ1v) is 18.3. The Kier molecular flexibility index (Phi) is 13.8. The standard InChI is InChI=1S/2C12H8N2.2C7H6O5S.Mn/c2*1-3-9-5-6-10-4-2-8-14-12(10)11(9)13-7-1;2*8-7(9)5-1-3-6(4-2-5)13(10,11)12;/h2*1-8H;2*1-4H,(H,8,9)(H,10,11,12);/q;;;;+2/p-2. The fourth-order valence-electron chi connectivity index (χ4n) is 4.89. The van der Waals surface area contributed by atoms with Crippen LogP contribution < -0.4 is 0 Å². The molecule has 0 saturated heterocycles. The van der Waals surface area contributed by atoms with Gasteiger partial charge in [-0.25, -0.2) is 26.4 Å². The van der Waals surface area contributed by atoms with E-state index < -0.39 is 42.0 Å². The zero-order valence-electron chi connectivity index (χ0n) is 28.0. The minimum Gasteiger partial charge on any atom is -0.744 e. The van der Waals surface area contributed by atoms with Crippen molar-refractivity contribution < 1.29 is 62.8 Å². The van der Waals surface area contributed by atoms with E-state index in [4.69, 9.17) is 10.2 Å². The van der Waals surface area contributed by atoms with Crippen LogP contribution in [0.5, 0.6) is 0 Å². The maximum Gasteiger partial charge on any atom is 2.00 e. The second kappa shape index (κ2) is 18.2. The second-order valence-electron chi connectivity index (χ2n) is 11.0. The molecule has 4 aromatic carbocycles. The number of carboxylic acids is 2. The summed E-state index contributed by atoms with van der Waals surface area (Å²) in [6, 6.07) is 32.4. The molecule has 0 fully saturated rings. The number of benzene rings is 4. The fourth-order valence-corrected chi connectivity index (χ4v) is 5.83. The molecule has 277 valence electrons. The number of hydrogen-bond donors (Lipinski definition) is 2. The Morgan fingerprint density at radius 1 is 0.418 bits per heavy atom. The van der Waals surface area contributed by atoms with Crippen LogP contribution in [0.25, 0.3) is 43.6 Å². The minimum absolute atomic E-state index is 0. The van der Waals surface area contributed by atoms with Crippen molar-refractivity contribution in [2.45, 2.75) is 9.79 Å². The van der Waals surface area contributed by atoms with Crippen LogP contribution in [0.2, 0.25) is 0 Å². The van der Waals surface area contributed by atoms with Gasteiger partial charge in [-0.2, -0.15) is 0 Å². The van der Waals surface area contributed by atoms with Crippen LogP contribution in [-0.2, 0) is 37.3 Å². The summed E-state index contributed by atoms with van der Waals surface area (Å²) in [5, 5.41) is 21.5. The third-order valence-electron chi connectivity index (χ3n) is 7.47. The van der Waals surface area contributed by atoms with Gasteiger partial charge in [0.15, 0.2) is 0 Å². The Morgan fingerprint density at radius 2 is 0.655 bits per heavy atom. The zero-order chi connectivity index (χ0) is 38.9. The third-order valence-corrected chi connectivity index (χ3v) is 9.17. The fraction of sp³-hybridized carbons (Fsp3) is 0. The number of nitrogens with zero attached hydrogens (tertiary/aromatic N) is 4. The van der Waals surface area contributed by atoms with E-state index in [2.05, 4.69) is 68.5 Å². The van der Waals surface area contributed by atoms with E-state index in [1.165, 1.54) is 0 Å². The van der Waals surface area contributed by atoms with Crippen molar-refractivity contribution in [3.8, 4) is 0 Å². The van der Waals surface area contributed by atoms with Gasteiger partial charge in [0.05, 0.1) is 43.0 Å². The predicted molar refractivity (Wildman–Crippen MR) is 197 cm³/mol. The van der Waals surface area contributed by atoms with Gasteiger partial charge in [0.25, 0.3) is 0 Å². The first-order valence-electron chi connectivity index (χ1n) is 15.5. The van der Waals surface area contributed by atoms with Crippen LogP contribution in [0.1, 0.15) is 20.7 Å². The van der Waals surface area contributed by atoms with Crippen LogP contribution in [-0.4, -0.2) is 68.0 Å². The Hall–Kier alpha value is -6.20. The zero-order valence-corrected chi connectivity index (χ0v) is 30.8. The molecule has 2 N–H and O–H groups in total. The second-order valence-corrected chi connectivity index (χ2v) is 13.8. The molecule has 0 amide bonds. The van der Waals surface area contributed by atoms with Crippen LogP contribution >= 0.6 is 0 Å². The first kappa shape index (κ1) is 41.6. The molecule has 0 bridgehead atoms. The average Bonchev–Trinajstić information content (AvgIpc) is 3.18. The SMILES string of the molecule is O=C(O)c1ccc(S(=O)(=O)[O-])cc1.O=C(O)c1ccc(S(=O)(=O)[O-])cc1.[Mn+2].c1cnc2c(c1)ccc1cccnc12.c1cnc2c(c1)ccc1cccnc12. The molecule has 0 spiro atoms. The summed E-state index contributed by atoms with van der Waals surface area (Å²) >= 11 is 0. The van der Waals surface area contributed by atoms with Crippen LogP contribution in [0.4, 0.5) is 0 Å². The maximum atomic E-state index is 10.4. The smallest absolute Gasteiger partial charge is 0.744 e. The summed E-state index contributed by atoms with van der Waals surface area (Å²) in [4.78, 5) is 37.2. The Morgan fingerprint density at radius 3 is 0.855 bits per heavy atom. The number of fused-ring (bicyclic) bond motifs is 6. The van der Waals surface area contributed by atoms with Gasteiger partial charge in [-0.3, -0.25) is 19.9 Å². The van der Waals surface area contributed by atoms with Gasteiger partial charge in [-0.15, -0.1) is 0 Å².